The number of hydrogen-bond donors (Lipinski definition) is 1. The van der Waals surface area contributed by atoms with Gasteiger partial charge in [0.05, 0.1) is 0 Å². The summed E-state index contributed by atoms with van der Waals surface area (Å²) in [5.74, 6) is 0.913. The van der Waals surface area contributed by atoms with Crippen molar-refractivity contribution >= 4 is 33.0 Å². The Balaban J connectivity index is 1.79. The molecule has 0 fully saturated rings. The van der Waals surface area contributed by atoms with E-state index < -0.39 is 0 Å². The summed E-state index contributed by atoms with van der Waals surface area (Å²) in [5, 5.41) is 5.50. The summed E-state index contributed by atoms with van der Waals surface area (Å²) in [6.07, 6.45) is 0. The lowest BCUT2D eigenvalue weighted by molar-refractivity contribution is 0.261. The van der Waals surface area contributed by atoms with E-state index in [4.69, 9.17) is 4.74 Å². The second-order valence-electron chi connectivity index (χ2n) is 4.76. The Hall–Kier alpha value is -1.04. The molecule has 0 aliphatic carbocycles. The van der Waals surface area contributed by atoms with Crippen molar-refractivity contribution in [1.29, 1.82) is 0 Å². The number of likely N-dealkylation sites (N-methyl/N-ethyl adjacent to an activating group) is 1. The Morgan fingerprint density at radius 2 is 2.00 bits per heavy atom. The Morgan fingerprint density at radius 1 is 1.25 bits per heavy atom. The monoisotopic (exact) mass is 354 g/mol. The fourth-order valence-corrected chi connectivity index (χ4v) is 3.04. The van der Waals surface area contributed by atoms with E-state index in [1.165, 1.54) is 4.88 Å². The van der Waals surface area contributed by atoms with Crippen LogP contribution in [-0.4, -0.2) is 32.1 Å². The lowest BCUT2D eigenvalue weighted by atomic mass is 10.3. The molecule has 0 bridgehead atoms. The molecular formula is C15H19BrN2OS. The third-order valence-electron chi connectivity index (χ3n) is 2.75. The number of halogens is 1. The summed E-state index contributed by atoms with van der Waals surface area (Å²) in [5.41, 5.74) is 1.11. The van der Waals surface area contributed by atoms with Crippen molar-refractivity contribution in [2.45, 2.75) is 6.54 Å². The summed E-state index contributed by atoms with van der Waals surface area (Å²) >= 11 is 5.21. The highest BCUT2D eigenvalue weighted by Gasteiger charge is 1.99. The predicted octanol–water partition coefficient (Wildman–Crippen LogP) is 4.06. The van der Waals surface area contributed by atoms with Crippen molar-refractivity contribution in [3.05, 3.63) is 45.1 Å². The molecule has 1 aromatic heterocycles. The van der Waals surface area contributed by atoms with E-state index in [1.807, 2.05) is 38.4 Å². The molecule has 5 heteroatoms. The fourth-order valence-electron chi connectivity index (χ4n) is 1.65. The molecule has 2 aromatic rings. The van der Waals surface area contributed by atoms with E-state index in [2.05, 4.69) is 37.6 Å². The van der Waals surface area contributed by atoms with Gasteiger partial charge in [0.15, 0.2) is 0 Å². The zero-order valence-electron chi connectivity index (χ0n) is 11.7. The Bertz CT molecular complexity index is 525. The molecule has 0 unspecified atom stereocenters. The van der Waals surface area contributed by atoms with E-state index in [-0.39, 0.29) is 0 Å². The molecule has 0 aliphatic heterocycles. The van der Waals surface area contributed by atoms with Crippen LogP contribution in [0.1, 0.15) is 4.88 Å². The first kappa shape index (κ1) is 15.4. The van der Waals surface area contributed by atoms with Gasteiger partial charge in [0.25, 0.3) is 0 Å². The minimum Gasteiger partial charge on any atom is -0.492 e. The molecule has 20 heavy (non-hydrogen) atoms. The zero-order valence-corrected chi connectivity index (χ0v) is 14.1. The van der Waals surface area contributed by atoms with Gasteiger partial charge in [-0.15, -0.1) is 11.3 Å². The summed E-state index contributed by atoms with van der Waals surface area (Å²) in [6, 6.07) is 10.2. The molecule has 2 rings (SSSR count). The topological polar surface area (TPSA) is 24.5 Å². The van der Waals surface area contributed by atoms with Gasteiger partial charge in [-0.3, -0.25) is 0 Å². The average Bonchev–Trinajstić information content (AvgIpc) is 2.83. The first-order valence-electron chi connectivity index (χ1n) is 6.48. The van der Waals surface area contributed by atoms with Crippen molar-refractivity contribution in [3.8, 4) is 5.75 Å². The maximum absolute atomic E-state index is 5.66. The predicted molar refractivity (Wildman–Crippen MR) is 89.8 cm³/mol. The average molecular weight is 355 g/mol. The van der Waals surface area contributed by atoms with Gasteiger partial charge in [-0.05, 0) is 60.4 Å². The van der Waals surface area contributed by atoms with Crippen LogP contribution in [-0.2, 0) is 6.54 Å². The highest BCUT2D eigenvalue weighted by molar-refractivity contribution is 9.10. The van der Waals surface area contributed by atoms with Crippen molar-refractivity contribution in [1.82, 2.24) is 4.90 Å². The van der Waals surface area contributed by atoms with Crippen LogP contribution in [0.5, 0.6) is 5.75 Å². The van der Waals surface area contributed by atoms with Crippen LogP contribution in [0.4, 0.5) is 5.69 Å². The molecule has 108 valence electrons. The number of nitrogens with zero attached hydrogens (tertiary/aromatic N) is 1. The SMILES string of the molecule is CN(C)CCOc1ccc(NCc2cc(Br)cs2)cc1. The summed E-state index contributed by atoms with van der Waals surface area (Å²) in [7, 11) is 4.08. The van der Waals surface area contributed by atoms with Crippen LogP contribution in [0.15, 0.2) is 40.2 Å². The second kappa shape index (κ2) is 7.67. The van der Waals surface area contributed by atoms with Crippen molar-refractivity contribution in [2.24, 2.45) is 0 Å². The molecule has 0 aliphatic rings. The van der Waals surface area contributed by atoms with Gasteiger partial charge < -0.3 is 15.0 Å². The van der Waals surface area contributed by atoms with Crippen LogP contribution in [0.25, 0.3) is 0 Å². The van der Waals surface area contributed by atoms with E-state index in [9.17, 15) is 0 Å². The summed E-state index contributed by atoms with van der Waals surface area (Å²) in [6.45, 7) is 2.48. The van der Waals surface area contributed by atoms with Gasteiger partial charge in [0, 0.05) is 33.5 Å². The maximum Gasteiger partial charge on any atom is 0.119 e. The van der Waals surface area contributed by atoms with Crippen LogP contribution in [0.3, 0.4) is 0 Å². The molecule has 3 nitrogen and oxygen atoms in total. The van der Waals surface area contributed by atoms with E-state index in [0.29, 0.717) is 6.61 Å². The smallest absolute Gasteiger partial charge is 0.119 e. The number of rotatable bonds is 7. The van der Waals surface area contributed by atoms with Crippen molar-refractivity contribution in [3.63, 3.8) is 0 Å². The molecule has 1 heterocycles. The van der Waals surface area contributed by atoms with Crippen LogP contribution < -0.4 is 10.1 Å². The van der Waals surface area contributed by atoms with Crippen molar-refractivity contribution in [2.75, 3.05) is 32.6 Å². The number of thiophene rings is 1. The first-order chi connectivity index (χ1) is 9.63. The van der Waals surface area contributed by atoms with Crippen molar-refractivity contribution < 1.29 is 4.74 Å². The molecule has 0 saturated heterocycles. The summed E-state index contributed by atoms with van der Waals surface area (Å²) in [4.78, 5) is 3.41. The van der Waals surface area contributed by atoms with E-state index in [0.717, 1.165) is 29.0 Å². The summed E-state index contributed by atoms with van der Waals surface area (Å²) < 4.78 is 6.81. The highest BCUT2D eigenvalue weighted by atomic mass is 79.9. The number of nitrogens with one attached hydrogen (secondary N) is 1. The number of benzene rings is 1. The highest BCUT2D eigenvalue weighted by Crippen LogP contribution is 2.21. The molecule has 0 amide bonds. The normalized spacial score (nSPS) is 10.8. The minimum absolute atomic E-state index is 0.711. The lowest BCUT2D eigenvalue weighted by Gasteiger charge is -2.11. The van der Waals surface area contributed by atoms with E-state index >= 15 is 0 Å². The van der Waals surface area contributed by atoms with Gasteiger partial charge in [-0.25, -0.2) is 0 Å². The third-order valence-corrected chi connectivity index (χ3v) is 4.45. The lowest BCUT2D eigenvalue weighted by Crippen LogP contribution is -2.19. The maximum atomic E-state index is 5.66. The van der Waals surface area contributed by atoms with Gasteiger partial charge in [-0.1, -0.05) is 0 Å². The van der Waals surface area contributed by atoms with Gasteiger partial charge in [-0.2, -0.15) is 0 Å². The van der Waals surface area contributed by atoms with E-state index in [1.54, 1.807) is 11.3 Å². The quantitative estimate of drug-likeness (QED) is 0.811. The Labute approximate surface area is 132 Å². The van der Waals surface area contributed by atoms with Gasteiger partial charge in [0.1, 0.15) is 12.4 Å². The zero-order chi connectivity index (χ0) is 14.4. The van der Waals surface area contributed by atoms with Crippen LogP contribution in [0, 0.1) is 0 Å². The Morgan fingerprint density at radius 3 is 2.60 bits per heavy atom. The fraction of sp³-hybridized carbons (Fsp3) is 0.333. The number of anilines is 1. The third kappa shape index (κ3) is 5.15. The molecule has 1 N–H and O–H groups in total. The number of hydrogen-bond acceptors (Lipinski definition) is 4. The standard InChI is InChI=1S/C15H19BrN2OS/c1-18(2)7-8-19-14-5-3-13(4-6-14)17-10-15-9-12(16)11-20-15/h3-6,9,11,17H,7-8,10H2,1-2H3. The van der Waals surface area contributed by atoms with Gasteiger partial charge >= 0.3 is 0 Å². The molecule has 0 saturated carbocycles. The minimum atomic E-state index is 0.711. The molecule has 0 radical (unpaired) electrons. The first-order valence-corrected chi connectivity index (χ1v) is 8.15. The molecular weight excluding hydrogens is 336 g/mol. The Kier molecular flexibility index (Phi) is 5.88. The second-order valence-corrected chi connectivity index (χ2v) is 6.67. The molecule has 0 atom stereocenters. The molecule has 0 spiro atoms. The number of ether oxygens (including phenoxy) is 1. The van der Waals surface area contributed by atoms with Gasteiger partial charge in [0.2, 0.25) is 0 Å². The molecule has 1 aromatic carbocycles. The largest absolute Gasteiger partial charge is 0.492 e. The van der Waals surface area contributed by atoms with Crippen LogP contribution >= 0.6 is 27.3 Å². The van der Waals surface area contributed by atoms with Crippen LogP contribution in [0.2, 0.25) is 0 Å².